The molecule has 1 heterocycles. The van der Waals surface area contributed by atoms with E-state index in [2.05, 4.69) is 10.6 Å². The Morgan fingerprint density at radius 3 is 2.53 bits per heavy atom. The van der Waals surface area contributed by atoms with Crippen molar-refractivity contribution in [3.63, 3.8) is 0 Å². The molecule has 2 atom stereocenters. The third kappa shape index (κ3) is 3.19. The summed E-state index contributed by atoms with van der Waals surface area (Å²) in [5.74, 6) is -0.732. The molecule has 0 spiro atoms. The Morgan fingerprint density at radius 1 is 1.24 bits per heavy atom. The van der Waals surface area contributed by atoms with Gasteiger partial charge in [-0.3, -0.25) is 9.59 Å². The maximum atomic E-state index is 11.8. The minimum atomic E-state index is -0.777. The van der Waals surface area contributed by atoms with Crippen LogP contribution in [0.4, 0.5) is 0 Å². The highest BCUT2D eigenvalue weighted by atomic mass is 16.4. The molecular weight excluding hydrogens is 220 g/mol. The fourth-order valence-electron chi connectivity index (χ4n) is 2.62. The number of amides is 1. The minimum Gasteiger partial charge on any atom is -0.481 e. The van der Waals surface area contributed by atoms with Gasteiger partial charge in [-0.2, -0.15) is 0 Å². The predicted molar refractivity (Wildman–Crippen MR) is 62.5 cm³/mol. The van der Waals surface area contributed by atoms with Crippen molar-refractivity contribution in [3.8, 4) is 0 Å². The van der Waals surface area contributed by atoms with Crippen molar-refractivity contribution >= 4 is 11.9 Å². The number of rotatable bonds is 4. The third-order valence-electron chi connectivity index (χ3n) is 3.77. The van der Waals surface area contributed by atoms with Gasteiger partial charge in [-0.05, 0) is 31.8 Å². The largest absolute Gasteiger partial charge is 0.481 e. The summed E-state index contributed by atoms with van der Waals surface area (Å²) in [6.45, 7) is 1.81. The van der Waals surface area contributed by atoms with Crippen molar-refractivity contribution in [2.75, 3.05) is 13.1 Å². The first kappa shape index (κ1) is 12.4. The number of nitrogens with one attached hydrogen (secondary N) is 2. The highest BCUT2D eigenvalue weighted by Crippen LogP contribution is 2.25. The second kappa shape index (κ2) is 5.49. The lowest BCUT2D eigenvalue weighted by Gasteiger charge is -2.31. The zero-order valence-corrected chi connectivity index (χ0v) is 9.95. The molecule has 5 nitrogen and oxygen atoms in total. The van der Waals surface area contributed by atoms with Crippen LogP contribution in [0.3, 0.4) is 0 Å². The Hall–Kier alpha value is -1.10. The number of carbonyl (C=O) groups is 2. The summed E-state index contributed by atoms with van der Waals surface area (Å²) >= 11 is 0. The molecule has 1 amide bonds. The number of hydrogen-bond acceptors (Lipinski definition) is 3. The van der Waals surface area contributed by atoms with E-state index in [1.165, 1.54) is 0 Å². The summed E-state index contributed by atoms with van der Waals surface area (Å²) in [5, 5.41) is 15.1. The van der Waals surface area contributed by atoms with Crippen LogP contribution in [0.25, 0.3) is 0 Å². The molecule has 1 saturated heterocycles. The topological polar surface area (TPSA) is 78.4 Å². The summed E-state index contributed by atoms with van der Waals surface area (Å²) < 4.78 is 0. The van der Waals surface area contributed by atoms with E-state index in [1.807, 2.05) is 0 Å². The summed E-state index contributed by atoms with van der Waals surface area (Å²) in [6.07, 6.45) is 3.97. The van der Waals surface area contributed by atoms with Crippen LogP contribution in [0.1, 0.15) is 32.1 Å². The van der Waals surface area contributed by atoms with Crippen molar-refractivity contribution in [1.82, 2.24) is 10.6 Å². The average Bonchev–Trinajstić information content (AvgIpc) is 2.24. The molecule has 0 radical (unpaired) electrons. The Bertz CT molecular complexity index is 302. The van der Waals surface area contributed by atoms with Crippen LogP contribution < -0.4 is 10.6 Å². The van der Waals surface area contributed by atoms with Crippen LogP contribution in [0.5, 0.6) is 0 Å². The van der Waals surface area contributed by atoms with Gasteiger partial charge in [0.25, 0.3) is 0 Å². The molecule has 1 aliphatic carbocycles. The molecule has 17 heavy (non-hydrogen) atoms. The van der Waals surface area contributed by atoms with Gasteiger partial charge in [0.2, 0.25) is 5.91 Å². The highest BCUT2D eigenvalue weighted by molar-refractivity contribution is 5.78. The van der Waals surface area contributed by atoms with E-state index in [0.29, 0.717) is 18.8 Å². The molecule has 2 fully saturated rings. The molecule has 2 unspecified atom stereocenters. The zero-order chi connectivity index (χ0) is 12.3. The Kier molecular flexibility index (Phi) is 3.99. The van der Waals surface area contributed by atoms with Gasteiger partial charge in [0.05, 0.1) is 5.92 Å². The summed E-state index contributed by atoms with van der Waals surface area (Å²) in [6, 6.07) is -0.165. The molecule has 0 aromatic heterocycles. The van der Waals surface area contributed by atoms with E-state index < -0.39 is 11.9 Å². The van der Waals surface area contributed by atoms with Gasteiger partial charge in [0, 0.05) is 12.5 Å². The lowest BCUT2D eigenvalue weighted by atomic mass is 9.84. The number of carbonyl (C=O) groups excluding carboxylic acids is 1. The SMILES string of the molecule is O=C(CC1CNC1)NC1CCCCC1C(=O)O. The van der Waals surface area contributed by atoms with E-state index in [-0.39, 0.29) is 11.9 Å². The minimum absolute atomic E-state index is 0.00894. The lowest BCUT2D eigenvalue weighted by molar-refractivity contribution is -0.144. The molecule has 0 aromatic carbocycles. The van der Waals surface area contributed by atoms with Crippen molar-refractivity contribution in [2.45, 2.75) is 38.1 Å². The molecule has 96 valence electrons. The molecule has 2 rings (SSSR count). The van der Waals surface area contributed by atoms with Gasteiger partial charge in [-0.1, -0.05) is 12.8 Å². The van der Waals surface area contributed by atoms with Crippen LogP contribution in [0, 0.1) is 11.8 Å². The quantitative estimate of drug-likeness (QED) is 0.663. The van der Waals surface area contributed by atoms with Crippen LogP contribution in [0.15, 0.2) is 0 Å². The van der Waals surface area contributed by atoms with Gasteiger partial charge in [0.1, 0.15) is 0 Å². The molecule has 1 aliphatic heterocycles. The molecule has 0 bridgehead atoms. The van der Waals surface area contributed by atoms with Crippen molar-refractivity contribution in [1.29, 1.82) is 0 Å². The highest BCUT2D eigenvalue weighted by Gasteiger charge is 2.32. The first-order valence-electron chi connectivity index (χ1n) is 6.39. The summed E-state index contributed by atoms with van der Waals surface area (Å²) in [5.41, 5.74) is 0. The van der Waals surface area contributed by atoms with Gasteiger partial charge < -0.3 is 15.7 Å². The van der Waals surface area contributed by atoms with E-state index in [1.54, 1.807) is 0 Å². The van der Waals surface area contributed by atoms with Gasteiger partial charge in [-0.25, -0.2) is 0 Å². The predicted octanol–water partition coefficient (Wildman–Crippen LogP) is 0.355. The summed E-state index contributed by atoms with van der Waals surface area (Å²) in [4.78, 5) is 22.8. The first-order chi connectivity index (χ1) is 8.16. The smallest absolute Gasteiger partial charge is 0.308 e. The fraction of sp³-hybridized carbons (Fsp3) is 0.833. The second-order valence-electron chi connectivity index (χ2n) is 5.13. The van der Waals surface area contributed by atoms with Crippen LogP contribution in [-0.4, -0.2) is 36.1 Å². The van der Waals surface area contributed by atoms with Crippen molar-refractivity contribution in [3.05, 3.63) is 0 Å². The molecule has 1 saturated carbocycles. The Labute approximate surface area is 101 Å². The molecule has 5 heteroatoms. The standard InChI is InChI=1S/C12H20N2O3/c15-11(5-8-6-13-7-8)14-10-4-2-1-3-9(10)12(16)17/h8-10,13H,1-7H2,(H,14,15)(H,16,17). The molecule has 2 aliphatic rings. The first-order valence-corrected chi connectivity index (χ1v) is 6.39. The molecular formula is C12H20N2O3. The van der Waals surface area contributed by atoms with Gasteiger partial charge in [0.15, 0.2) is 0 Å². The molecule has 3 N–H and O–H groups in total. The Morgan fingerprint density at radius 2 is 1.94 bits per heavy atom. The van der Waals surface area contributed by atoms with E-state index in [9.17, 15) is 9.59 Å². The molecule has 0 aromatic rings. The third-order valence-corrected chi connectivity index (χ3v) is 3.77. The second-order valence-corrected chi connectivity index (χ2v) is 5.13. The van der Waals surface area contributed by atoms with Crippen LogP contribution >= 0.6 is 0 Å². The number of hydrogen-bond donors (Lipinski definition) is 3. The van der Waals surface area contributed by atoms with E-state index in [0.717, 1.165) is 32.4 Å². The monoisotopic (exact) mass is 240 g/mol. The van der Waals surface area contributed by atoms with Crippen molar-refractivity contribution < 1.29 is 14.7 Å². The van der Waals surface area contributed by atoms with Crippen molar-refractivity contribution in [2.24, 2.45) is 11.8 Å². The normalized spacial score (nSPS) is 29.4. The zero-order valence-electron chi connectivity index (χ0n) is 9.95. The van der Waals surface area contributed by atoms with Crippen LogP contribution in [0.2, 0.25) is 0 Å². The maximum Gasteiger partial charge on any atom is 0.308 e. The summed E-state index contributed by atoms with van der Waals surface area (Å²) in [7, 11) is 0. The van der Waals surface area contributed by atoms with E-state index >= 15 is 0 Å². The maximum absolute atomic E-state index is 11.8. The lowest BCUT2D eigenvalue weighted by Crippen LogP contribution is -2.48. The van der Waals surface area contributed by atoms with Gasteiger partial charge in [-0.15, -0.1) is 0 Å². The number of carboxylic acids is 1. The number of aliphatic carboxylic acids is 1. The van der Waals surface area contributed by atoms with E-state index in [4.69, 9.17) is 5.11 Å². The average molecular weight is 240 g/mol. The Balaban J connectivity index is 1.82. The van der Waals surface area contributed by atoms with Gasteiger partial charge >= 0.3 is 5.97 Å². The number of carboxylic acid groups (broad SMARTS) is 1. The van der Waals surface area contributed by atoms with Crippen LogP contribution in [-0.2, 0) is 9.59 Å². The fourth-order valence-corrected chi connectivity index (χ4v) is 2.62.